The van der Waals surface area contributed by atoms with Gasteiger partial charge in [-0.3, -0.25) is 4.79 Å². The number of nitrogens with zero attached hydrogens (tertiary/aromatic N) is 1. The van der Waals surface area contributed by atoms with E-state index in [2.05, 4.69) is 10.5 Å². The first kappa shape index (κ1) is 19.9. The average Bonchev–Trinajstić information content (AvgIpc) is 2.78. The molecule has 0 fully saturated rings. The van der Waals surface area contributed by atoms with Gasteiger partial charge in [0.2, 0.25) is 0 Å². The summed E-state index contributed by atoms with van der Waals surface area (Å²) in [7, 11) is 1.59. The Morgan fingerprint density at radius 2 is 1.62 bits per heavy atom. The number of hydrogen-bond donors (Lipinski definition) is 1. The molecule has 0 aliphatic heterocycles. The van der Waals surface area contributed by atoms with Crippen LogP contribution in [0.1, 0.15) is 11.1 Å². The molecule has 1 N–H and O–H groups in total. The number of ether oxygens (including phenoxy) is 3. The Hall–Kier alpha value is -3.80. The lowest BCUT2D eigenvalue weighted by Gasteiger charge is -2.08. The Bertz CT molecular complexity index is 941. The van der Waals surface area contributed by atoms with Crippen molar-refractivity contribution in [1.29, 1.82) is 0 Å². The molecule has 6 nitrogen and oxygen atoms in total. The highest BCUT2D eigenvalue weighted by molar-refractivity contribution is 5.83. The molecule has 0 aliphatic rings. The fraction of sp³-hybridized carbons (Fsp3) is 0.130. The van der Waals surface area contributed by atoms with Gasteiger partial charge in [-0.05, 0) is 47.5 Å². The molecule has 0 atom stereocenters. The Labute approximate surface area is 169 Å². The third-order valence-electron chi connectivity index (χ3n) is 3.94. The first-order chi connectivity index (χ1) is 14.2. The minimum Gasteiger partial charge on any atom is -0.497 e. The zero-order valence-electron chi connectivity index (χ0n) is 16.1. The highest BCUT2D eigenvalue weighted by atomic mass is 16.5. The number of carbonyl (C=O) groups excluding carboxylic acids is 1. The van der Waals surface area contributed by atoms with E-state index in [0.29, 0.717) is 12.4 Å². The van der Waals surface area contributed by atoms with Crippen LogP contribution in [0.5, 0.6) is 17.2 Å². The molecular formula is C23H22N2O4. The van der Waals surface area contributed by atoms with Crippen LogP contribution >= 0.6 is 0 Å². The SMILES string of the molecule is COc1cccc(/C=N\NC(=O)COc2ccc(OCc3ccccc3)cc2)c1. The van der Waals surface area contributed by atoms with Crippen molar-refractivity contribution in [3.63, 3.8) is 0 Å². The van der Waals surface area contributed by atoms with Crippen molar-refractivity contribution in [2.75, 3.05) is 13.7 Å². The Morgan fingerprint density at radius 3 is 2.34 bits per heavy atom. The number of amides is 1. The van der Waals surface area contributed by atoms with E-state index in [1.165, 1.54) is 0 Å². The van der Waals surface area contributed by atoms with Crippen molar-refractivity contribution in [3.05, 3.63) is 90.0 Å². The van der Waals surface area contributed by atoms with Crippen LogP contribution in [0.4, 0.5) is 0 Å². The van der Waals surface area contributed by atoms with Gasteiger partial charge in [0.15, 0.2) is 6.61 Å². The minimum absolute atomic E-state index is 0.139. The number of methoxy groups -OCH3 is 1. The van der Waals surface area contributed by atoms with Crippen molar-refractivity contribution < 1.29 is 19.0 Å². The van der Waals surface area contributed by atoms with Gasteiger partial charge in [0.1, 0.15) is 23.9 Å². The van der Waals surface area contributed by atoms with E-state index < -0.39 is 0 Å². The van der Waals surface area contributed by atoms with Crippen molar-refractivity contribution in [2.45, 2.75) is 6.61 Å². The Balaban J connectivity index is 1.41. The molecule has 0 aliphatic carbocycles. The van der Waals surface area contributed by atoms with E-state index >= 15 is 0 Å². The number of benzene rings is 3. The summed E-state index contributed by atoms with van der Waals surface area (Å²) in [6.45, 7) is 0.356. The van der Waals surface area contributed by atoms with Crippen LogP contribution in [0, 0.1) is 0 Å². The summed E-state index contributed by atoms with van der Waals surface area (Å²) >= 11 is 0. The molecule has 3 aromatic carbocycles. The van der Waals surface area contributed by atoms with Crippen molar-refractivity contribution in [1.82, 2.24) is 5.43 Å². The average molecular weight is 390 g/mol. The van der Waals surface area contributed by atoms with E-state index in [9.17, 15) is 4.79 Å². The van der Waals surface area contributed by atoms with Gasteiger partial charge in [-0.15, -0.1) is 0 Å². The molecule has 148 valence electrons. The first-order valence-corrected chi connectivity index (χ1v) is 9.08. The van der Waals surface area contributed by atoms with Crippen LogP contribution < -0.4 is 19.6 Å². The second-order valence-electron chi connectivity index (χ2n) is 6.10. The van der Waals surface area contributed by atoms with Crippen LogP contribution in [0.25, 0.3) is 0 Å². The fourth-order valence-corrected chi connectivity index (χ4v) is 2.45. The second-order valence-corrected chi connectivity index (χ2v) is 6.10. The predicted octanol–water partition coefficient (Wildman–Crippen LogP) is 3.80. The zero-order chi connectivity index (χ0) is 20.3. The van der Waals surface area contributed by atoms with Crippen LogP contribution in [0.15, 0.2) is 84.0 Å². The number of rotatable bonds is 9. The lowest BCUT2D eigenvalue weighted by molar-refractivity contribution is -0.123. The fourth-order valence-electron chi connectivity index (χ4n) is 2.45. The third kappa shape index (κ3) is 6.70. The third-order valence-corrected chi connectivity index (χ3v) is 3.94. The van der Waals surface area contributed by atoms with Gasteiger partial charge in [0.05, 0.1) is 13.3 Å². The summed E-state index contributed by atoms with van der Waals surface area (Å²) < 4.78 is 16.3. The molecule has 0 saturated carbocycles. The highest BCUT2D eigenvalue weighted by Crippen LogP contribution is 2.18. The van der Waals surface area contributed by atoms with Gasteiger partial charge in [-0.25, -0.2) is 5.43 Å². The molecule has 0 radical (unpaired) electrons. The highest BCUT2D eigenvalue weighted by Gasteiger charge is 2.02. The van der Waals surface area contributed by atoms with Gasteiger partial charge in [0.25, 0.3) is 5.91 Å². The summed E-state index contributed by atoms with van der Waals surface area (Å²) in [5, 5.41) is 3.92. The predicted molar refractivity (Wildman–Crippen MR) is 111 cm³/mol. The van der Waals surface area contributed by atoms with Crippen molar-refractivity contribution in [2.24, 2.45) is 5.10 Å². The van der Waals surface area contributed by atoms with Crippen molar-refractivity contribution in [3.8, 4) is 17.2 Å². The first-order valence-electron chi connectivity index (χ1n) is 9.08. The molecule has 0 spiro atoms. The minimum atomic E-state index is -0.353. The number of nitrogens with one attached hydrogen (secondary N) is 1. The van der Waals surface area contributed by atoms with Crippen LogP contribution in [-0.4, -0.2) is 25.8 Å². The lowest BCUT2D eigenvalue weighted by atomic mass is 10.2. The van der Waals surface area contributed by atoms with Gasteiger partial charge >= 0.3 is 0 Å². The molecule has 0 heterocycles. The smallest absolute Gasteiger partial charge is 0.277 e. The van der Waals surface area contributed by atoms with E-state index in [0.717, 1.165) is 22.6 Å². The quantitative estimate of drug-likeness (QED) is 0.446. The summed E-state index contributed by atoms with van der Waals surface area (Å²) in [6, 6.07) is 24.4. The summed E-state index contributed by atoms with van der Waals surface area (Å²) in [5.41, 5.74) is 4.34. The second kappa shape index (κ2) is 10.5. The van der Waals surface area contributed by atoms with E-state index in [4.69, 9.17) is 14.2 Å². The van der Waals surface area contributed by atoms with Crippen molar-refractivity contribution >= 4 is 12.1 Å². The Kier molecular flexibility index (Phi) is 7.23. The van der Waals surface area contributed by atoms with Crippen LogP contribution in [0.3, 0.4) is 0 Å². The number of hydrazone groups is 1. The molecule has 0 bridgehead atoms. The molecule has 6 heteroatoms. The standard InChI is InChI=1S/C23H22N2O4/c1-27-22-9-5-8-19(14-22)15-24-25-23(26)17-29-21-12-10-20(11-13-21)28-16-18-6-3-2-4-7-18/h2-15H,16-17H2,1H3,(H,25,26)/b24-15-. The van der Waals surface area contributed by atoms with Crippen LogP contribution in [-0.2, 0) is 11.4 Å². The topological polar surface area (TPSA) is 69.2 Å². The molecule has 3 rings (SSSR count). The molecule has 0 saturated heterocycles. The maximum atomic E-state index is 11.9. The van der Waals surface area contributed by atoms with E-state index in [-0.39, 0.29) is 12.5 Å². The molecule has 29 heavy (non-hydrogen) atoms. The maximum Gasteiger partial charge on any atom is 0.277 e. The Morgan fingerprint density at radius 1 is 0.897 bits per heavy atom. The maximum absolute atomic E-state index is 11.9. The molecule has 1 amide bonds. The summed E-state index contributed by atoms with van der Waals surface area (Å²) in [5.74, 6) is 1.67. The van der Waals surface area contributed by atoms with Crippen LogP contribution in [0.2, 0.25) is 0 Å². The normalized spacial score (nSPS) is 10.5. The largest absolute Gasteiger partial charge is 0.497 e. The van der Waals surface area contributed by atoms with E-state index in [1.807, 2.05) is 54.6 Å². The lowest BCUT2D eigenvalue weighted by Crippen LogP contribution is -2.24. The molecule has 0 aromatic heterocycles. The van der Waals surface area contributed by atoms with Gasteiger partial charge in [-0.1, -0.05) is 42.5 Å². The van der Waals surface area contributed by atoms with Gasteiger partial charge in [0, 0.05) is 0 Å². The molecular weight excluding hydrogens is 368 g/mol. The molecule has 3 aromatic rings. The summed E-state index contributed by atoms with van der Waals surface area (Å²) in [4.78, 5) is 11.9. The van der Waals surface area contributed by atoms with E-state index in [1.54, 1.807) is 37.6 Å². The zero-order valence-corrected chi connectivity index (χ0v) is 16.1. The van der Waals surface area contributed by atoms with Gasteiger partial charge < -0.3 is 14.2 Å². The summed E-state index contributed by atoms with van der Waals surface area (Å²) in [6.07, 6.45) is 1.54. The van der Waals surface area contributed by atoms with Gasteiger partial charge in [-0.2, -0.15) is 5.10 Å². The monoisotopic (exact) mass is 390 g/mol. The molecule has 0 unspecified atom stereocenters. The number of hydrogen-bond acceptors (Lipinski definition) is 5. The number of carbonyl (C=O) groups is 1.